The molecular weight excluding hydrogens is 1700 g/mol. The Morgan fingerprint density at radius 1 is 0.393 bits per heavy atom. The number of ether oxygens (including phenoxy) is 5. The van der Waals surface area contributed by atoms with Gasteiger partial charge in [-0.2, -0.15) is 0 Å². The Balaban J connectivity index is 0.000000215. The van der Waals surface area contributed by atoms with E-state index in [0.29, 0.717) is 29.8 Å². The van der Waals surface area contributed by atoms with Crippen LogP contribution in [0.4, 0.5) is 0 Å². The van der Waals surface area contributed by atoms with Gasteiger partial charge in [-0.25, -0.2) is 14.4 Å². The van der Waals surface area contributed by atoms with Gasteiger partial charge in [-0.1, -0.05) is 107 Å². The van der Waals surface area contributed by atoms with Crippen molar-refractivity contribution in [2.24, 2.45) is 0 Å². The molecule has 1 atom stereocenters. The van der Waals surface area contributed by atoms with E-state index in [-0.39, 0.29) is 58.0 Å². The molecule has 0 bridgehead atoms. The number of carbonyl (C=O) groups excluding carboxylic acids is 3. The van der Waals surface area contributed by atoms with E-state index in [2.05, 4.69) is 111 Å². The highest BCUT2D eigenvalue weighted by Crippen LogP contribution is 2.46. The van der Waals surface area contributed by atoms with Gasteiger partial charge in [0.25, 0.3) is 0 Å². The van der Waals surface area contributed by atoms with Gasteiger partial charge in [0.05, 0.1) is 70.3 Å². The van der Waals surface area contributed by atoms with Gasteiger partial charge in [-0.05, 0) is 265 Å². The summed E-state index contributed by atoms with van der Waals surface area (Å²) < 4.78 is 45.6. The largest absolute Gasteiger partial charge is 0.508 e. The minimum atomic E-state index is -2.52. The molecule has 0 radical (unpaired) electrons. The normalized spacial score (nSPS) is 10.8. The number of methoxy groups -OCH3 is 5. The molecule has 3 heterocycles. The van der Waals surface area contributed by atoms with Gasteiger partial charge >= 0.3 is 17.9 Å². The zero-order valence-electron chi connectivity index (χ0n) is 69.2. The molecule has 0 saturated carbocycles. The molecule has 0 spiro atoms. The number of aliphatic hydroxyl groups is 1. The zero-order chi connectivity index (χ0) is 89.6. The SMILES string of the molecule is CCOP(C)(=O)Cc1cc(C)cc(OC)c1.COC(=O)c1cc(C)cc(O)c1.COC(=O)c1cc(O)cc(O)c1.COc1cc(C)cc(/C=C/c2cc3ccccc3s2)c1.COc1cc(O)cc(/C=C/c2cc3ccccc3s2)c1.Cc1cc(O)cc(CBr)c1.Cc1cc(O)cc(CO)c1.O=C(O)c1cc(O)cc(O)c1.O=Cc1cc2ccccc2s1. The second kappa shape index (κ2) is 49.8. The van der Waals surface area contributed by atoms with Crippen molar-refractivity contribution in [3.63, 3.8) is 0 Å². The number of alkyl halides is 1. The number of hydrogen-bond donors (Lipinski definition) is 10. The van der Waals surface area contributed by atoms with Gasteiger partial charge in [-0.3, -0.25) is 9.36 Å². The van der Waals surface area contributed by atoms with Crippen LogP contribution in [0.15, 0.2) is 237 Å². The predicted octanol–water partition coefficient (Wildman–Crippen LogP) is 23.3. The summed E-state index contributed by atoms with van der Waals surface area (Å²) in [4.78, 5) is 45.8. The Hall–Kier alpha value is -12.7. The van der Waals surface area contributed by atoms with Gasteiger partial charge in [0.2, 0.25) is 7.37 Å². The summed E-state index contributed by atoms with van der Waals surface area (Å²) >= 11 is 8.41. The lowest BCUT2D eigenvalue weighted by molar-refractivity contribution is 0.0591. The highest BCUT2D eigenvalue weighted by Gasteiger charge is 2.17. The number of thiophene rings is 3. The van der Waals surface area contributed by atoms with Crippen LogP contribution < -0.4 is 14.2 Å². The molecule has 3 aromatic heterocycles. The van der Waals surface area contributed by atoms with Crippen molar-refractivity contribution in [2.45, 2.75) is 59.6 Å². The molecule has 11 aromatic carbocycles. The Kier molecular flexibility index (Phi) is 40.0. The van der Waals surface area contributed by atoms with E-state index in [4.69, 9.17) is 64.7 Å². The average Bonchev–Trinajstić information content (AvgIpc) is 1.66. The van der Waals surface area contributed by atoms with Crippen LogP contribution in [0.25, 0.3) is 54.6 Å². The standard InChI is InChI=1S/C18H16OS.C17H14O2S.C12H19O3P.C9H10O3.C9H6OS.C8H9BrO.C8H8O4.C8H10O2.C7H6O4/c1-13-9-14(11-16(10-13)19-2)7-8-17-12-15-5-3-4-6-18(15)20-17;1-19-15-9-12(8-14(18)11-15)6-7-16-10-13-4-2-3-5-17(13)20-16;1-5-15-16(4,13)9-11-6-10(2)7-12(8-11)14-3;1-6-3-7(9(11)12-2)5-8(10)4-6;10-6-8-5-7-3-1-2-4-9(7)11-8;1-6-2-7(5-9)4-8(10)3-6;1-12-8(11)5-2-6(9)4-7(10)3-5;1-6-2-7(5-9)4-8(10)3-6;8-5-1-4(7(10)11)2-6(9)3-5/h3-12H,1-2H3;2-11,18H,1H3;6-8H,5,9H2,1-4H3;3-5,10H,1-2H3;1-6H;2-4,10H,5H2,1H3;2-4,9-10H,1H3;2-4,9-10H,5H2,1H3;1-3,8-9H,(H,10,11)/b8-7+;7-6+;;;;;;;. The van der Waals surface area contributed by atoms with E-state index in [1.54, 1.807) is 94.8 Å². The van der Waals surface area contributed by atoms with Crippen LogP contribution in [0.5, 0.6) is 63.2 Å². The van der Waals surface area contributed by atoms with E-state index in [1.165, 1.54) is 89.5 Å². The first-order valence-corrected chi connectivity index (χ1v) is 43.2. The van der Waals surface area contributed by atoms with Gasteiger partial charge in [-0.15, -0.1) is 34.0 Å². The lowest BCUT2D eigenvalue weighted by Gasteiger charge is -2.13. The Morgan fingerprint density at radius 3 is 1.16 bits per heavy atom. The van der Waals surface area contributed by atoms with Gasteiger partial charge in [0, 0.05) is 60.2 Å². The summed E-state index contributed by atoms with van der Waals surface area (Å²) in [6.07, 6.45) is 9.69. The summed E-state index contributed by atoms with van der Waals surface area (Å²) in [5, 5.41) is 94.0. The van der Waals surface area contributed by atoms with E-state index in [9.17, 15) is 28.8 Å². The number of halogens is 1. The first-order chi connectivity index (χ1) is 58.1. The highest BCUT2D eigenvalue weighted by atomic mass is 79.9. The Morgan fingerprint density at radius 2 is 0.746 bits per heavy atom. The van der Waals surface area contributed by atoms with Crippen LogP contribution in [0, 0.1) is 34.6 Å². The second-order valence-electron chi connectivity index (χ2n) is 27.0. The van der Waals surface area contributed by atoms with E-state index >= 15 is 0 Å². The fourth-order valence-electron chi connectivity index (χ4n) is 11.5. The lowest BCUT2D eigenvalue weighted by atomic mass is 10.1. The third-order valence-corrected chi connectivity index (χ3v) is 22.1. The number of fused-ring (bicyclic) bond motifs is 3. The topological polar surface area (TPSA) is 343 Å². The number of aromatic carboxylic acids is 1. The highest BCUT2D eigenvalue weighted by molar-refractivity contribution is 9.08. The van der Waals surface area contributed by atoms with Crippen molar-refractivity contribution in [1.29, 1.82) is 0 Å². The molecule has 26 heteroatoms. The molecule has 14 aromatic rings. The Labute approximate surface area is 729 Å². The number of carboxylic acid groups (broad SMARTS) is 1. The number of phenols is 8. The number of aromatic hydroxyl groups is 8. The molecule has 14 rings (SSSR count). The first kappa shape index (κ1) is 98.1. The van der Waals surface area contributed by atoms with Gasteiger partial charge in [0.1, 0.15) is 63.2 Å². The number of aryl methyl sites for hydroxylation is 5. The van der Waals surface area contributed by atoms with Crippen molar-refractivity contribution in [2.75, 3.05) is 48.8 Å². The quantitative estimate of drug-likeness (QED) is 0.0175. The van der Waals surface area contributed by atoms with Crippen molar-refractivity contribution >= 4 is 136 Å². The number of rotatable bonds is 17. The van der Waals surface area contributed by atoms with Crippen molar-refractivity contribution in [1.82, 2.24) is 0 Å². The summed E-state index contributed by atoms with van der Waals surface area (Å²) in [7, 11) is 4.94. The summed E-state index contributed by atoms with van der Waals surface area (Å²) in [5.41, 5.74) is 10.5. The summed E-state index contributed by atoms with van der Waals surface area (Å²) in [6.45, 7) is 13.7. The number of aldehydes is 1. The molecule has 122 heavy (non-hydrogen) atoms. The zero-order valence-corrected chi connectivity index (χ0v) is 74.2. The number of aliphatic hydroxyl groups excluding tert-OH is 1. The van der Waals surface area contributed by atoms with Crippen LogP contribution in [-0.4, -0.2) is 124 Å². The van der Waals surface area contributed by atoms with E-state index < -0.39 is 25.3 Å². The molecule has 0 aliphatic heterocycles. The number of carbonyl (C=O) groups is 4. The summed E-state index contributed by atoms with van der Waals surface area (Å²) in [6, 6.07) is 70.3. The average molecular weight is 1790 g/mol. The number of hydrogen-bond acceptors (Lipinski definition) is 23. The van der Waals surface area contributed by atoms with Crippen molar-refractivity contribution < 1.29 is 103 Å². The number of carboxylic acids is 1. The van der Waals surface area contributed by atoms with Crippen LogP contribution in [0.1, 0.15) is 113 Å². The molecule has 10 N–H and O–H groups in total. The van der Waals surface area contributed by atoms with Crippen LogP contribution in [0.2, 0.25) is 0 Å². The predicted molar refractivity (Wildman–Crippen MR) is 494 cm³/mol. The molecule has 0 amide bonds. The summed E-state index contributed by atoms with van der Waals surface area (Å²) in [5.74, 6) is 0.115. The van der Waals surface area contributed by atoms with Gasteiger partial charge in [0.15, 0.2) is 6.29 Å². The molecule has 0 aliphatic rings. The van der Waals surface area contributed by atoms with Crippen LogP contribution >= 0.6 is 57.3 Å². The number of esters is 2. The van der Waals surface area contributed by atoms with Crippen molar-refractivity contribution in [3.8, 4) is 63.2 Å². The maximum atomic E-state index is 12.0. The second-order valence-corrected chi connectivity index (χ2v) is 33.5. The smallest absolute Gasteiger partial charge is 0.338 e. The van der Waals surface area contributed by atoms with Crippen LogP contribution in [0.3, 0.4) is 0 Å². The third-order valence-electron chi connectivity index (χ3n) is 16.5. The molecule has 0 aliphatic carbocycles. The molecule has 1 unspecified atom stereocenters. The van der Waals surface area contributed by atoms with E-state index in [1.807, 2.05) is 130 Å². The number of phenolic OH excluding ortho intramolecular Hbond substituents is 8. The monoisotopic (exact) mass is 1790 g/mol. The molecule has 21 nitrogen and oxygen atoms in total. The fraction of sp³-hybridized carbons (Fsp3) is 0.167. The molecule has 0 fully saturated rings. The van der Waals surface area contributed by atoms with Gasteiger partial charge < -0.3 is 79.3 Å². The van der Waals surface area contributed by atoms with Crippen molar-refractivity contribution in [3.05, 3.63) is 324 Å². The molecule has 638 valence electrons. The molecule has 0 saturated heterocycles. The fourth-order valence-corrected chi connectivity index (χ4v) is 16.1. The first-order valence-electron chi connectivity index (χ1n) is 37.3. The maximum absolute atomic E-state index is 12.0. The minimum Gasteiger partial charge on any atom is -0.508 e. The minimum absolute atomic E-state index is 0.0186. The molecular formula is C96H98BrO21PS3. The van der Waals surface area contributed by atoms with E-state index in [0.717, 1.165) is 102 Å². The number of benzene rings is 11. The third kappa shape index (κ3) is 34.6. The maximum Gasteiger partial charge on any atom is 0.338 e. The van der Waals surface area contributed by atoms with Crippen LogP contribution in [-0.2, 0) is 36.7 Å². The Bertz CT molecular complexity index is 5460. The lowest BCUT2D eigenvalue weighted by Crippen LogP contribution is -2.00.